The van der Waals surface area contributed by atoms with Crippen LogP contribution in [-0.2, 0) is 16.6 Å². The lowest BCUT2D eigenvalue weighted by Crippen LogP contribution is -2.37. The van der Waals surface area contributed by atoms with E-state index in [-0.39, 0.29) is 6.04 Å². The Morgan fingerprint density at radius 1 is 1.30 bits per heavy atom. The van der Waals surface area contributed by atoms with Crippen molar-refractivity contribution >= 4 is 21.4 Å². The minimum Gasteiger partial charge on any atom is -0.313 e. The summed E-state index contributed by atoms with van der Waals surface area (Å²) in [5.41, 5.74) is 1.04. The van der Waals surface area contributed by atoms with Gasteiger partial charge in [-0.15, -0.1) is 11.3 Å². The molecule has 0 bridgehead atoms. The van der Waals surface area contributed by atoms with Crippen molar-refractivity contribution in [3.8, 4) is 0 Å². The molecule has 1 saturated carbocycles. The summed E-state index contributed by atoms with van der Waals surface area (Å²) >= 11 is 1.31. The Morgan fingerprint density at radius 3 is 2.65 bits per heavy atom. The van der Waals surface area contributed by atoms with Crippen LogP contribution >= 0.6 is 11.3 Å². The number of nitrogens with one attached hydrogen (secondary N) is 2. The summed E-state index contributed by atoms with van der Waals surface area (Å²) in [5, 5.41) is 5.12. The second-order valence-corrected chi connectivity index (χ2v) is 8.48. The van der Waals surface area contributed by atoms with E-state index in [1.165, 1.54) is 11.3 Å². The van der Waals surface area contributed by atoms with Crippen molar-refractivity contribution in [2.45, 2.75) is 56.3 Å². The molecule has 1 fully saturated rings. The van der Waals surface area contributed by atoms with E-state index in [0.717, 1.165) is 50.3 Å². The van der Waals surface area contributed by atoms with Crippen LogP contribution in [0, 0.1) is 5.92 Å². The first-order valence-electron chi connectivity index (χ1n) is 7.31. The Morgan fingerprint density at radius 2 is 2.00 bits per heavy atom. The zero-order valence-electron chi connectivity index (χ0n) is 12.2. The van der Waals surface area contributed by atoms with Gasteiger partial charge < -0.3 is 5.32 Å². The maximum Gasteiger partial charge on any atom is 0.250 e. The van der Waals surface area contributed by atoms with Gasteiger partial charge in [-0.05, 0) is 55.2 Å². The van der Waals surface area contributed by atoms with Crippen LogP contribution < -0.4 is 10.0 Å². The van der Waals surface area contributed by atoms with Gasteiger partial charge in [0, 0.05) is 12.6 Å². The van der Waals surface area contributed by atoms with E-state index < -0.39 is 10.0 Å². The number of thiophene rings is 1. The van der Waals surface area contributed by atoms with Crippen LogP contribution in [0.15, 0.2) is 15.7 Å². The predicted molar refractivity (Wildman–Crippen MR) is 83.4 cm³/mol. The van der Waals surface area contributed by atoms with Gasteiger partial charge in [0.2, 0.25) is 10.0 Å². The maximum absolute atomic E-state index is 12.3. The molecule has 2 N–H and O–H groups in total. The molecule has 0 unspecified atom stereocenters. The molecule has 0 amide bonds. The number of hydrogen-bond acceptors (Lipinski definition) is 4. The first-order chi connectivity index (χ1) is 9.51. The van der Waals surface area contributed by atoms with Crippen LogP contribution in [0.3, 0.4) is 0 Å². The van der Waals surface area contributed by atoms with Crippen molar-refractivity contribution < 1.29 is 8.42 Å². The summed E-state index contributed by atoms with van der Waals surface area (Å²) in [6, 6.07) is 1.89. The SMILES string of the molecule is CCNCc1csc(S(=O)(=O)NC2CCC(C)CC2)c1. The predicted octanol–water partition coefficient (Wildman–Crippen LogP) is 2.71. The first-order valence-corrected chi connectivity index (χ1v) is 9.68. The van der Waals surface area contributed by atoms with Crippen molar-refractivity contribution in [1.82, 2.24) is 10.0 Å². The molecule has 6 heteroatoms. The number of rotatable bonds is 6. The fourth-order valence-electron chi connectivity index (χ4n) is 2.51. The Hall–Kier alpha value is -0.430. The topological polar surface area (TPSA) is 58.2 Å². The van der Waals surface area contributed by atoms with E-state index in [1.807, 2.05) is 12.3 Å². The molecule has 0 radical (unpaired) electrons. The molecule has 1 aliphatic rings. The van der Waals surface area contributed by atoms with Crippen molar-refractivity contribution in [2.24, 2.45) is 5.92 Å². The third kappa shape index (κ3) is 4.28. The van der Waals surface area contributed by atoms with Crippen LogP contribution in [-0.4, -0.2) is 21.0 Å². The Balaban J connectivity index is 1.97. The average molecular weight is 316 g/mol. The smallest absolute Gasteiger partial charge is 0.250 e. The molecule has 1 aliphatic carbocycles. The van der Waals surface area contributed by atoms with Gasteiger partial charge in [0.1, 0.15) is 4.21 Å². The van der Waals surface area contributed by atoms with Gasteiger partial charge in [-0.25, -0.2) is 13.1 Å². The monoisotopic (exact) mass is 316 g/mol. The fourth-order valence-corrected chi connectivity index (χ4v) is 5.04. The van der Waals surface area contributed by atoms with E-state index in [0.29, 0.717) is 4.21 Å². The highest BCUT2D eigenvalue weighted by Crippen LogP contribution is 2.26. The molecular weight excluding hydrogens is 292 g/mol. The summed E-state index contributed by atoms with van der Waals surface area (Å²) in [4.78, 5) is 0. The minimum absolute atomic E-state index is 0.107. The first kappa shape index (κ1) is 15.9. The molecule has 2 rings (SSSR count). The Kier molecular flexibility index (Phi) is 5.60. The summed E-state index contributed by atoms with van der Waals surface area (Å²) in [7, 11) is -3.34. The van der Waals surface area contributed by atoms with Crippen molar-refractivity contribution in [1.29, 1.82) is 0 Å². The van der Waals surface area contributed by atoms with Crippen molar-refractivity contribution in [2.75, 3.05) is 6.54 Å². The maximum atomic E-state index is 12.3. The third-order valence-corrected chi connectivity index (χ3v) is 6.82. The van der Waals surface area contributed by atoms with Crippen LogP contribution in [0.1, 0.15) is 45.1 Å². The molecule has 1 aromatic heterocycles. The van der Waals surface area contributed by atoms with E-state index in [9.17, 15) is 8.42 Å². The Bertz CT molecular complexity index is 517. The molecule has 0 atom stereocenters. The molecule has 0 aliphatic heterocycles. The molecular formula is C14H24N2O2S2. The molecule has 1 aromatic rings. The van der Waals surface area contributed by atoms with Gasteiger partial charge in [0.05, 0.1) is 0 Å². The lowest BCUT2D eigenvalue weighted by molar-refractivity contribution is 0.332. The van der Waals surface area contributed by atoms with Gasteiger partial charge in [-0.3, -0.25) is 0 Å². The molecule has 114 valence electrons. The highest BCUT2D eigenvalue weighted by molar-refractivity contribution is 7.91. The number of sulfonamides is 1. The standard InChI is InChI=1S/C14H24N2O2S2/c1-3-15-9-12-8-14(19-10-12)20(17,18)16-13-6-4-11(2)5-7-13/h8,10-11,13,15-16H,3-7,9H2,1-2H3. The molecule has 4 nitrogen and oxygen atoms in total. The van der Waals surface area contributed by atoms with Gasteiger partial charge >= 0.3 is 0 Å². The third-order valence-electron chi connectivity index (χ3n) is 3.81. The molecule has 0 saturated heterocycles. The summed E-state index contributed by atoms with van der Waals surface area (Å²) < 4.78 is 28.0. The zero-order valence-corrected chi connectivity index (χ0v) is 13.8. The van der Waals surface area contributed by atoms with Crippen LogP contribution in [0.25, 0.3) is 0 Å². The van der Waals surface area contributed by atoms with E-state index >= 15 is 0 Å². The van der Waals surface area contributed by atoms with Crippen molar-refractivity contribution in [3.63, 3.8) is 0 Å². The molecule has 20 heavy (non-hydrogen) atoms. The summed E-state index contributed by atoms with van der Waals surface area (Å²) in [6.07, 6.45) is 4.14. The second-order valence-electron chi connectivity index (χ2n) is 5.63. The van der Waals surface area contributed by atoms with E-state index in [2.05, 4.69) is 17.0 Å². The largest absolute Gasteiger partial charge is 0.313 e. The average Bonchev–Trinajstić information content (AvgIpc) is 2.88. The van der Waals surface area contributed by atoms with E-state index in [4.69, 9.17) is 0 Å². The van der Waals surface area contributed by atoms with Gasteiger partial charge in [-0.1, -0.05) is 13.8 Å². The molecule has 0 aromatic carbocycles. The molecule has 0 spiro atoms. The minimum atomic E-state index is -3.34. The summed E-state index contributed by atoms with van der Waals surface area (Å²) in [6.45, 7) is 5.88. The van der Waals surface area contributed by atoms with Crippen LogP contribution in [0.4, 0.5) is 0 Å². The van der Waals surface area contributed by atoms with Gasteiger partial charge in [0.15, 0.2) is 0 Å². The second kappa shape index (κ2) is 7.02. The van der Waals surface area contributed by atoms with E-state index in [1.54, 1.807) is 6.07 Å². The normalized spacial score (nSPS) is 23.9. The summed E-state index contributed by atoms with van der Waals surface area (Å²) in [5.74, 6) is 0.726. The zero-order chi connectivity index (χ0) is 14.6. The van der Waals surface area contributed by atoms with Crippen LogP contribution in [0.2, 0.25) is 0 Å². The fraction of sp³-hybridized carbons (Fsp3) is 0.714. The van der Waals surface area contributed by atoms with Gasteiger partial charge in [0.25, 0.3) is 0 Å². The number of hydrogen-bond donors (Lipinski definition) is 2. The van der Waals surface area contributed by atoms with Crippen molar-refractivity contribution in [3.05, 3.63) is 17.0 Å². The molecule has 1 heterocycles. The highest BCUT2D eigenvalue weighted by Gasteiger charge is 2.25. The Labute approximate surface area is 126 Å². The lowest BCUT2D eigenvalue weighted by Gasteiger charge is -2.26. The van der Waals surface area contributed by atoms with Gasteiger partial charge in [-0.2, -0.15) is 0 Å². The quantitative estimate of drug-likeness (QED) is 0.848. The lowest BCUT2D eigenvalue weighted by atomic mass is 9.88. The highest BCUT2D eigenvalue weighted by atomic mass is 32.2. The van der Waals surface area contributed by atoms with Crippen LogP contribution in [0.5, 0.6) is 0 Å².